The van der Waals surface area contributed by atoms with Crippen LogP contribution in [0.1, 0.15) is 26.3 Å². The molecule has 1 aromatic rings. The Morgan fingerprint density at radius 1 is 1.50 bits per heavy atom. The van der Waals surface area contributed by atoms with Crippen LogP contribution in [0.4, 0.5) is 8.78 Å². The molecule has 0 saturated heterocycles. The molecule has 16 heavy (non-hydrogen) atoms. The molecule has 4 nitrogen and oxygen atoms in total. The predicted octanol–water partition coefficient (Wildman–Crippen LogP) is 2.11. The zero-order valence-electron chi connectivity index (χ0n) is 8.24. The van der Waals surface area contributed by atoms with E-state index in [9.17, 15) is 18.4 Å². The molecule has 0 fully saturated rings. The molecule has 6 heteroatoms. The van der Waals surface area contributed by atoms with Crippen molar-refractivity contribution in [3.8, 4) is 5.75 Å². The lowest BCUT2D eigenvalue weighted by Gasteiger charge is -2.11. The van der Waals surface area contributed by atoms with E-state index >= 15 is 0 Å². The lowest BCUT2D eigenvalue weighted by atomic mass is 10.1. The molecule has 0 heterocycles. The van der Waals surface area contributed by atoms with Crippen molar-refractivity contribution in [2.45, 2.75) is 13.5 Å². The van der Waals surface area contributed by atoms with Gasteiger partial charge in [0.15, 0.2) is 6.29 Å². The average molecular weight is 230 g/mol. The van der Waals surface area contributed by atoms with Crippen LogP contribution in [0.3, 0.4) is 0 Å². The maximum Gasteiger partial charge on any atom is 0.387 e. The van der Waals surface area contributed by atoms with Crippen molar-refractivity contribution < 1.29 is 28.2 Å². The quantitative estimate of drug-likeness (QED) is 0.804. The standard InChI is InChI=1S/C10H8F2O4/c1-5-2-6(9(14)15)3-7(4-13)8(5)16-10(11)12/h2-4,10H,1H3,(H,14,15). The van der Waals surface area contributed by atoms with Crippen molar-refractivity contribution in [2.24, 2.45) is 0 Å². The molecule has 86 valence electrons. The van der Waals surface area contributed by atoms with Gasteiger partial charge in [-0.15, -0.1) is 0 Å². The van der Waals surface area contributed by atoms with Crippen LogP contribution < -0.4 is 4.74 Å². The maximum absolute atomic E-state index is 12.0. The predicted molar refractivity (Wildman–Crippen MR) is 50.2 cm³/mol. The monoisotopic (exact) mass is 230 g/mol. The van der Waals surface area contributed by atoms with Gasteiger partial charge < -0.3 is 9.84 Å². The van der Waals surface area contributed by atoms with Crippen LogP contribution in [0.15, 0.2) is 12.1 Å². The van der Waals surface area contributed by atoms with Crippen molar-refractivity contribution in [3.63, 3.8) is 0 Å². The Labute approximate surface area is 89.5 Å². The molecule has 0 unspecified atom stereocenters. The molecule has 0 aliphatic heterocycles. The van der Waals surface area contributed by atoms with Crippen LogP contribution in [0, 0.1) is 6.92 Å². The maximum atomic E-state index is 12.0. The summed E-state index contributed by atoms with van der Waals surface area (Å²) < 4.78 is 28.2. The van der Waals surface area contributed by atoms with E-state index in [1.165, 1.54) is 6.92 Å². The Hall–Kier alpha value is -1.98. The minimum absolute atomic E-state index is 0.152. The van der Waals surface area contributed by atoms with E-state index in [0.29, 0.717) is 0 Å². The summed E-state index contributed by atoms with van der Waals surface area (Å²) in [6.45, 7) is -1.68. The largest absolute Gasteiger partial charge is 0.478 e. The lowest BCUT2D eigenvalue weighted by molar-refractivity contribution is -0.0505. The highest BCUT2D eigenvalue weighted by atomic mass is 19.3. The van der Waals surface area contributed by atoms with E-state index in [1.54, 1.807) is 0 Å². The Bertz CT molecular complexity index is 429. The molecule has 0 spiro atoms. The van der Waals surface area contributed by atoms with Gasteiger partial charge in [-0.25, -0.2) is 4.79 Å². The number of carbonyl (C=O) groups excluding carboxylic acids is 1. The highest BCUT2D eigenvalue weighted by Gasteiger charge is 2.15. The zero-order valence-corrected chi connectivity index (χ0v) is 8.24. The van der Waals surface area contributed by atoms with E-state index in [1.807, 2.05) is 0 Å². The van der Waals surface area contributed by atoms with Gasteiger partial charge in [-0.05, 0) is 24.6 Å². The number of aromatic carboxylic acids is 1. The number of aryl methyl sites for hydroxylation is 1. The molecule has 0 aliphatic rings. The van der Waals surface area contributed by atoms with Crippen molar-refractivity contribution in [1.29, 1.82) is 0 Å². The van der Waals surface area contributed by atoms with E-state index in [2.05, 4.69) is 4.74 Å². The minimum Gasteiger partial charge on any atom is -0.478 e. The first kappa shape index (κ1) is 12.1. The van der Waals surface area contributed by atoms with Crippen LogP contribution in [-0.4, -0.2) is 24.0 Å². The Morgan fingerprint density at radius 2 is 2.12 bits per heavy atom. The third-order valence-corrected chi connectivity index (χ3v) is 1.88. The highest BCUT2D eigenvalue weighted by Crippen LogP contribution is 2.25. The van der Waals surface area contributed by atoms with Crippen LogP contribution >= 0.6 is 0 Å². The average Bonchev–Trinajstić information content (AvgIpc) is 2.19. The first-order valence-electron chi connectivity index (χ1n) is 4.23. The molecule has 0 atom stereocenters. The first-order valence-corrected chi connectivity index (χ1v) is 4.23. The lowest BCUT2D eigenvalue weighted by Crippen LogP contribution is -2.08. The number of halogens is 2. The summed E-state index contributed by atoms with van der Waals surface area (Å²) in [5, 5.41) is 8.70. The number of rotatable bonds is 4. The fraction of sp³-hybridized carbons (Fsp3) is 0.200. The second-order valence-corrected chi connectivity index (χ2v) is 3.01. The number of ether oxygens (including phenoxy) is 1. The smallest absolute Gasteiger partial charge is 0.387 e. The Kier molecular flexibility index (Phi) is 3.55. The SMILES string of the molecule is Cc1cc(C(=O)O)cc(C=O)c1OC(F)F. The summed E-state index contributed by atoms with van der Waals surface area (Å²) in [6, 6.07) is 2.15. The molecular formula is C10H8F2O4. The van der Waals surface area contributed by atoms with E-state index in [-0.39, 0.29) is 28.7 Å². The van der Waals surface area contributed by atoms with Crippen molar-refractivity contribution in [1.82, 2.24) is 0 Å². The van der Waals surface area contributed by atoms with Crippen molar-refractivity contribution >= 4 is 12.3 Å². The van der Waals surface area contributed by atoms with Crippen LogP contribution in [0.5, 0.6) is 5.75 Å². The fourth-order valence-electron chi connectivity index (χ4n) is 1.26. The van der Waals surface area contributed by atoms with Gasteiger partial charge in [0.2, 0.25) is 0 Å². The van der Waals surface area contributed by atoms with Crippen LogP contribution in [0.2, 0.25) is 0 Å². The molecule has 0 aliphatic carbocycles. The van der Waals surface area contributed by atoms with Gasteiger partial charge in [-0.2, -0.15) is 8.78 Å². The van der Waals surface area contributed by atoms with Gasteiger partial charge in [0.25, 0.3) is 0 Å². The molecule has 0 bridgehead atoms. The Balaban J connectivity index is 3.28. The van der Waals surface area contributed by atoms with Crippen molar-refractivity contribution in [3.05, 3.63) is 28.8 Å². The molecular weight excluding hydrogens is 222 g/mol. The van der Waals surface area contributed by atoms with E-state index in [4.69, 9.17) is 5.11 Å². The van der Waals surface area contributed by atoms with Gasteiger partial charge >= 0.3 is 12.6 Å². The number of alkyl halides is 2. The Morgan fingerprint density at radius 3 is 2.56 bits per heavy atom. The number of carboxylic acid groups (broad SMARTS) is 1. The minimum atomic E-state index is -3.06. The number of aldehydes is 1. The van der Waals surface area contributed by atoms with Gasteiger partial charge in [-0.3, -0.25) is 4.79 Å². The van der Waals surface area contributed by atoms with E-state index < -0.39 is 12.6 Å². The molecule has 1 aromatic carbocycles. The molecule has 1 rings (SSSR count). The highest BCUT2D eigenvalue weighted by molar-refractivity contribution is 5.92. The third kappa shape index (κ3) is 2.53. The summed E-state index contributed by atoms with van der Waals surface area (Å²) in [5.41, 5.74) is -0.193. The van der Waals surface area contributed by atoms with Gasteiger partial charge in [0, 0.05) is 0 Å². The normalized spacial score (nSPS) is 10.2. The van der Waals surface area contributed by atoms with Crippen molar-refractivity contribution in [2.75, 3.05) is 0 Å². The number of benzene rings is 1. The zero-order chi connectivity index (χ0) is 12.3. The topological polar surface area (TPSA) is 63.6 Å². The second kappa shape index (κ2) is 4.69. The number of hydrogen-bond acceptors (Lipinski definition) is 3. The fourth-order valence-corrected chi connectivity index (χ4v) is 1.26. The first-order chi connectivity index (χ1) is 7.45. The van der Waals surface area contributed by atoms with Gasteiger partial charge in [0.1, 0.15) is 5.75 Å². The van der Waals surface area contributed by atoms with Crippen LogP contribution in [0.25, 0.3) is 0 Å². The molecule has 0 amide bonds. The van der Waals surface area contributed by atoms with Crippen LogP contribution in [-0.2, 0) is 0 Å². The third-order valence-electron chi connectivity index (χ3n) is 1.88. The molecule has 0 aromatic heterocycles. The summed E-state index contributed by atoms with van der Waals surface area (Å²) in [4.78, 5) is 21.3. The van der Waals surface area contributed by atoms with E-state index in [0.717, 1.165) is 12.1 Å². The summed E-state index contributed by atoms with van der Waals surface area (Å²) in [5.74, 6) is -1.54. The number of carboxylic acids is 1. The van der Waals surface area contributed by atoms with Gasteiger partial charge in [-0.1, -0.05) is 0 Å². The van der Waals surface area contributed by atoms with Gasteiger partial charge in [0.05, 0.1) is 11.1 Å². The summed E-state index contributed by atoms with van der Waals surface area (Å²) in [7, 11) is 0. The number of carbonyl (C=O) groups is 2. The summed E-state index contributed by atoms with van der Waals surface area (Å²) in [6.07, 6.45) is 0.275. The molecule has 0 radical (unpaired) electrons. The second-order valence-electron chi connectivity index (χ2n) is 3.01. The molecule has 0 saturated carbocycles. The molecule has 1 N–H and O–H groups in total. The number of hydrogen-bond donors (Lipinski definition) is 1. The summed E-state index contributed by atoms with van der Waals surface area (Å²) >= 11 is 0.